The molecule has 2 amide bonds. The van der Waals surface area contributed by atoms with Crippen LogP contribution in [0, 0.1) is 17.8 Å². The van der Waals surface area contributed by atoms with Crippen LogP contribution in [0.2, 0.25) is 0 Å². The minimum absolute atomic E-state index is 0.0232. The van der Waals surface area contributed by atoms with E-state index in [1.807, 2.05) is 6.07 Å². The molecule has 0 radical (unpaired) electrons. The van der Waals surface area contributed by atoms with Crippen LogP contribution in [0.4, 0.5) is 4.79 Å². The summed E-state index contributed by atoms with van der Waals surface area (Å²) >= 11 is 0. The average molecular weight is 328 g/mol. The second-order valence-corrected chi connectivity index (χ2v) is 7.13. The van der Waals surface area contributed by atoms with Gasteiger partial charge in [0.15, 0.2) is 0 Å². The summed E-state index contributed by atoms with van der Waals surface area (Å²) in [4.78, 5) is 14.4. The van der Waals surface area contributed by atoms with Crippen LogP contribution in [0.1, 0.15) is 24.8 Å². The Kier molecular flexibility index (Phi) is 4.08. The Hall–Kier alpha value is -2.17. The molecule has 5 nitrogen and oxygen atoms in total. The highest BCUT2D eigenvalue weighted by Gasteiger charge is 2.32. The summed E-state index contributed by atoms with van der Waals surface area (Å²) < 4.78 is 5.65. The normalized spacial score (nSPS) is 28.0. The third-order valence-electron chi connectivity index (χ3n) is 5.55. The number of nitrogens with one attached hydrogen (secondary N) is 1. The van der Waals surface area contributed by atoms with Crippen LogP contribution in [0.5, 0.6) is 11.5 Å². The van der Waals surface area contributed by atoms with Crippen molar-refractivity contribution in [1.29, 1.82) is 0 Å². The molecule has 3 aliphatic carbocycles. The van der Waals surface area contributed by atoms with Crippen LogP contribution < -0.4 is 10.1 Å². The zero-order valence-corrected chi connectivity index (χ0v) is 13.8. The first-order valence-electron chi connectivity index (χ1n) is 8.85. The molecule has 24 heavy (non-hydrogen) atoms. The minimum atomic E-state index is -0.0232. The topological polar surface area (TPSA) is 61.8 Å². The third kappa shape index (κ3) is 3.07. The van der Waals surface area contributed by atoms with Gasteiger partial charge in [0.05, 0.1) is 13.1 Å². The number of carbonyl (C=O) groups is 1. The monoisotopic (exact) mass is 328 g/mol. The third-order valence-corrected chi connectivity index (χ3v) is 5.55. The van der Waals surface area contributed by atoms with Gasteiger partial charge in [0.2, 0.25) is 0 Å². The Balaban J connectivity index is 1.36. The molecule has 3 atom stereocenters. The number of phenolic OH excluding ortho intramolecular Hbond substituents is 1. The number of carbonyl (C=O) groups excluding carboxylic acids is 1. The van der Waals surface area contributed by atoms with Crippen LogP contribution >= 0.6 is 0 Å². The van der Waals surface area contributed by atoms with E-state index >= 15 is 0 Å². The van der Waals surface area contributed by atoms with Crippen LogP contribution in [0.3, 0.4) is 0 Å². The van der Waals surface area contributed by atoms with Gasteiger partial charge in [-0.15, -0.1) is 0 Å². The summed E-state index contributed by atoms with van der Waals surface area (Å²) in [5.41, 5.74) is 0.931. The zero-order valence-electron chi connectivity index (χ0n) is 13.8. The van der Waals surface area contributed by atoms with Crippen molar-refractivity contribution < 1.29 is 14.6 Å². The van der Waals surface area contributed by atoms with E-state index in [0.29, 0.717) is 43.2 Å². The lowest BCUT2D eigenvalue weighted by atomic mass is 9.69. The number of allylic oxidation sites excluding steroid dienone is 2. The quantitative estimate of drug-likeness (QED) is 0.821. The molecule has 4 aliphatic rings. The number of aromatic hydroxyl groups is 1. The summed E-state index contributed by atoms with van der Waals surface area (Å²) in [6.07, 6.45) is 8.46. The first kappa shape index (κ1) is 15.4. The molecular weight excluding hydrogens is 304 g/mol. The van der Waals surface area contributed by atoms with E-state index in [0.717, 1.165) is 12.1 Å². The first-order chi connectivity index (χ1) is 11.7. The van der Waals surface area contributed by atoms with Crippen LogP contribution in [0.15, 0.2) is 30.4 Å². The predicted octanol–water partition coefficient (Wildman–Crippen LogP) is 2.90. The van der Waals surface area contributed by atoms with Gasteiger partial charge < -0.3 is 20.1 Å². The maximum absolute atomic E-state index is 12.6. The molecule has 3 unspecified atom stereocenters. The SMILES string of the molecule is O=C(NCC1CC2C=CC1CC2)N1CCOc2cc(O)ccc2C1. The molecule has 0 saturated heterocycles. The van der Waals surface area contributed by atoms with E-state index in [9.17, 15) is 9.90 Å². The Morgan fingerprint density at radius 2 is 2.25 bits per heavy atom. The van der Waals surface area contributed by atoms with Gasteiger partial charge in [-0.1, -0.05) is 12.2 Å². The first-order valence-corrected chi connectivity index (χ1v) is 8.85. The van der Waals surface area contributed by atoms with Gasteiger partial charge in [-0.25, -0.2) is 4.79 Å². The van der Waals surface area contributed by atoms with E-state index < -0.39 is 0 Å². The molecule has 5 rings (SSSR count). The van der Waals surface area contributed by atoms with Gasteiger partial charge in [0.1, 0.15) is 18.1 Å². The number of rotatable bonds is 2. The van der Waals surface area contributed by atoms with Crippen molar-refractivity contribution in [2.45, 2.75) is 25.8 Å². The van der Waals surface area contributed by atoms with Gasteiger partial charge in [0.25, 0.3) is 0 Å². The number of fused-ring (bicyclic) bond motifs is 3. The van der Waals surface area contributed by atoms with E-state index in [-0.39, 0.29) is 11.8 Å². The highest BCUT2D eigenvalue weighted by atomic mass is 16.5. The fourth-order valence-corrected chi connectivity index (χ4v) is 4.15. The molecule has 0 aromatic heterocycles. The molecule has 1 aliphatic heterocycles. The summed E-state index contributed by atoms with van der Waals surface area (Å²) in [7, 11) is 0. The van der Waals surface area contributed by atoms with Crippen molar-refractivity contribution in [3.8, 4) is 11.5 Å². The van der Waals surface area contributed by atoms with E-state index in [2.05, 4.69) is 17.5 Å². The van der Waals surface area contributed by atoms with Crippen molar-refractivity contribution in [3.05, 3.63) is 35.9 Å². The summed E-state index contributed by atoms with van der Waals surface area (Å²) in [5, 5.41) is 12.7. The molecule has 2 bridgehead atoms. The van der Waals surface area contributed by atoms with Crippen molar-refractivity contribution in [2.75, 3.05) is 19.7 Å². The lowest BCUT2D eigenvalue weighted by Crippen LogP contribution is -2.44. The largest absolute Gasteiger partial charge is 0.508 e. The molecule has 2 N–H and O–H groups in total. The van der Waals surface area contributed by atoms with Crippen LogP contribution in [-0.2, 0) is 6.54 Å². The maximum Gasteiger partial charge on any atom is 0.317 e. The molecule has 1 aromatic carbocycles. The summed E-state index contributed by atoms with van der Waals surface area (Å²) in [6.45, 7) is 2.26. The fourth-order valence-electron chi connectivity index (χ4n) is 4.15. The van der Waals surface area contributed by atoms with Gasteiger partial charge in [-0.3, -0.25) is 0 Å². The van der Waals surface area contributed by atoms with Gasteiger partial charge in [0, 0.05) is 18.2 Å². The molecule has 0 spiro atoms. The van der Waals surface area contributed by atoms with Crippen molar-refractivity contribution >= 4 is 6.03 Å². The Bertz CT molecular complexity index is 658. The maximum atomic E-state index is 12.6. The number of hydrogen-bond acceptors (Lipinski definition) is 3. The number of benzene rings is 1. The second kappa shape index (κ2) is 6.38. The van der Waals surface area contributed by atoms with Gasteiger partial charge in [-0.2, -0.15) is 0 Å². The Morgan fingerprint density at radius 1 is 1.33 bits per heavy atom. The molecule has 1 saturated carbocycles. The molecule has 1 aromatic rings. The number of nitrogens with zero attached hydrogens (tertiary/aromatic N) is 1. The zero-order chi connectivity index (χ0) is 16.5. The number of amides is 2. The molecule has 1 fully saturated rings. The van der Waals surface area contributed by atoms with Crippen molar-refractivity contribution in [3.63, 3.8) is 0 Å². The van der Waals surface area contributed by atoms with Gasteiger partial charge in [-0.05, 0) is 49.1 Å². The second-order valence-electron chi connectivity index (χ2n) is 7.13. The molecule has 5 heteroatoms. The van der Waals surface area contributed by atoms with E-state index in [4.69, 9.17) is 4.74 Å². The van der Waals surface area contributed by atoms with Crippen LogP contribution in [-0.4, -0.2) is 35.7 Å². The highest BCUT2D eigenvalue weighted by molar-refractivity contribution is 5.74. The van der Waals surface area contributed by atoms with Crippen molar-refractivity contribution in [2.24, 2.45) is 17.8 Å². The number of hydrogen-bond donors (Lipinski definition) is 2. The standard InChI is InChI=1S/C19H24N2O3/c22-17-6-5-15-12-21(7-8-24-18(15)10-17)19(23)20-11-16-9-13-1-3-14(16)4-2-13/h1,3,5-6,10,13-14,16,22H,2,4,7-9,11-12H2,(H,20,23). The average Bonchev–Trinajstić information content (AvgIpc) is 2.82. The van der Waals surface area contributed by atoms with Gasteiger partial charge >= 0.3 is 6.03 Å². The lowest BCUT2D eigenvalue weighted by Gasteiger charge is -2.38. The number of phenols is 1. The van der Waals surface area contributed by atoms with Crippen LogP contribution in [0.25, 0.3) is 0 Å². The lowest BCUT2D eigenvalue weighted by molar-refractivity contribution is 0.175. The number of urea groups is 1. The fraction of sp³-hybridized carbons (Fsp3) is 0.526. The van der Waals surface area contributed by atoms with Crippen molar-refractivity contribution in [1.82, 2.24) is 10.2 Å². The summed E-state index contributed by atoms with van der Waals surface area (Å²) in [5.74, 6) is 2.77. The number of ether oxygens (including phenoxy) is 1. The predicted molar refractivity (Wildman–Crippen MR) is 90.9 cm³/mol. The van der Waals surface area contributed by atoms with E-state index in [1.54, 1.807) is 17.0 Å². The Labute approximate surface area is 142 Å². The minimum Gasteiger partial charge on any atom is -0.508 e. The molecule has 1 heterocycles. The molecular formula is C19H24N2O3. The van der Waals surface area contributed by atoms with E-state index in [1.165, 1.54) is 19.3 Å². The molecule has 128 valence electrons. The Morgan fingerprint density at radius 3 is 3.00 bits per heavy atom. The smallest absolute Gasteiger partial charge is 0.317 e. The highest BCUT2D eigenvalue weighted by Crippen LogP contribution is 2.40. The summed E-state index contributed by atoms with van der Waals surface area (Å²) in [6, 6.07) is 5.04.